The van der Waals surface area contributed by atoms with Crippen LogP contribution in [0.4, 0.5) is 0 Å². The van der Waals surface area contributed by atoms with Crippen LogP contribution >= 0.6 is 0 Å². The molecule has 1 aliphatic rings. The highest BCUT2D eigenvalue weighted by molar-refractivity contribution is 4.84. The molecule has 1 rings (SSSR count). The van der Waals surface area contributed by atoms with Gasteiger partial charge >= 0.3 is 0 Å². The molecule has 1 aliphatic carbocycles. The Morgan fingerprint density at radius 2 is 1.81 bits per heavy atom. The SMILES string of the molecule is CCC(N)C(CO)N(C)C1CCCCCC1. The third-order valence-corrected chi connectivity index (χ3v) is 4.08. The van der Waals surface area contributed by atoms with Crippen molar-refractivity contribution in [1.29, 1.82) is 0 Å². The fourth-order valence-corrected chi connectivity index (χ4v) is 2.77. The minimum atomic E-state index is 0.0956. The van der Waals surface area contributed by atoms with Crippen molar-refractivity contribution in [2.45, 2.75) is 70.0 Å². The molecule has 0 radical (unpaired) electrons. The number of aliphatic hydroxyl groups excluding tert-OH is 1. The molecule has 3 N–H and O–H groups in total. The third-order valence-electron chi connectivity index (χ3n) is 4.08. The lowest BCUT2D eigenvalue weighted by molar-refractivity contribution is 0.0828. The van der Waals surface area contributed by atoms with Gasteiger partial charge in [0.1, 0.15) is 0 Å². The van der Waals surface area contributed by atoms with Crippen molar-refractivity contribution in [1.82, 2.24) is 4.90 Å². The molecule has 0 aromatic heterocycles. The molecular formula is C13H28N2O. The molecule has 0 heterocycles. The van der Waals surface area contributed by atoms with Crippen molar-refractivity contribution in [2.24, 2.45) is 5.73 Å². The van der Waals surface area contributed by atoms with Crippen LogP contribution in [0.2, 0.25) is 0 Å². The molecule has 3 heteroatoms. The second-order valence-corrected chi connectivity index (χ2v) is 5.13. The topological polar surface area (TPSA) is 49.5 Å². The van der Waals surface area contributed by atoms with Gasteiger partial charge in [-0.3, -0.25) is 4.90 Å². The molecule has 1 saturated carbocycles. The van der Waals surface area contributed by atoms with Gasteiger partial charge in [-0.25, -0.2) is 0 Å². The Morgan fingerprint density at radius 3 is 2.25 bits per heavy atom. The van der Waals surface area contributed by atoms with Gasteiger partial charge in [-0.05, 0) is 26.3 Å². The van der Waals surface area contributed by atoms with Crippen LogP contribution in [0.3, 0.4) is 0 Å². The summed E-state index contributed by atoms with van der Waals surface area (Å²) in [4.78, 5) is 2.33. The van der Waals surface area contributed by atoms with E-state index in [-0.39, 0.29) is 18.7 Å². The minimum Gasteiger partial charge on any atom is -0.395 e. The van der Waals surface area contributed by atoms with Crippen LogP contribution in [0, 0.1) is 0 Å². The summed E-state index contributed by atoms with van der Waals surface area (Å²) < 4.78 is 0. The van der Waals surface area contributed by atoms with E-state index < -0.39 is 0 Å². The quantitative estimate of drug-likeness (QED) is 0.705. The van der Waals surface area contributed by atoms with E-state index in [1.54, 1.807) is 0 Å². The molecule has 0 saturated heterocycles. The zero-order valence-corrected chi connectivity index (χ0v) is 10.9. The number of hydrogen-bond acceptors (Lipinski definition) is 3. The average Bonchev–Trinajstić information content (AvgIpc) is 2.58. The van der Waals surface area contributed by atoms with Crippen LogP contribution in [0.1, 0.15) is 51.9 Å². The Balaban J connectivity index is 2.54. The Hall–Kier alpha value is -0.120. The maximum absolute atomic E-state index is 9.48. The fraction of sp³-hybridized carbons (Fsp3) is 1.00. The van der Waals surface area contributed by atoms with E-state index in [0.29, 0.717) is 6.04 Å². The Kier molecular flexibility index (Phi) is 6.32. The molecule has 2 atom stereocenters. The summed E-state index contributed by atoms with van der Waals surface area (Å²) in [6.07, 6.45) is 8.86. The fourth-order valence-electron chi connectivity index (χ4n) is 2.77. The van der Waals surface area contributed by atoms with Crippen molar-refractivity contribution < 1.29 is 5.11 Å². The first-order valence-corrected chi connectivity index (χ1v) is 6.79. The van der Waals surface area contributed by atoms with Crippen molar-refractivity contribution in [3.8, 4) is 0 Å². The van der Waals surface area contributed by atoms with Gasteiger partial charge in [0.2, 0.25) is 0 Å². The van der Waals surface area contributed by atoms with Crippen LogP contribution in [0.15, 0.2) is 0 Å². The molecule has 0 bridgehead atoms. The van der Waals surface area contributed by atoms with Gasteiger partial charge in [0, 0.05) is 18.1 Å². The summed E-state index contributed by atoms with van der Waals surface area (Å²) in [6.45, 7) is 2.27. The molecule has 0 aromatic rings. The second-order valence-electron chi connectivity index (χ2n) is 5.13. The Labute approximate surface area is 100 Å². The summed E-state index contributed by atoms with van der Waals surface area (Å²) in [5, 5.41) is 9.48. The molecule has 0 aromatic carbocycles. The minimum absolute atomic E-state index is 0.0956. The lowest BCUT2D eigenvalue weighted by atomic mass is 10.0. The summed E-state index contributed by atoms with van der Waals surface area (Å²) in [5.74, 6) is 0. The van der Waals surface area contributed by atoms with Gasteiger partial charge in [-0.15, -0.1) is 0 Å². The maximum atomic E-state index is 9.48. The molecule has 96 valence electrons. The predicted molar refractivity (Wildman–Crippen MR) is 68.4 cm³/mol. The Bertz CT molecular complexity index is 179. The normalized spacial score (nSPS) is 23.1. The summed E-state index contributed by atoms with van der Waals surface area (Å²) in [7, 11) is 2.13. The van der Waals surface area contributed by atoms with E-state index in [9.17, 15) is 5.11 Å². The number of nitrogens with two attached hydrogens (primary N) is 1. The van der Waals surface area contributed by atoms with Gasteiger partial charge < -0.3 is 10.8 Å². The number of likely N-dealkylation sites (N-methyl/N-ethyl adjacent to an activating group) is 1. The first-order chi connectivity index (χ1) is 7.70. The van der Waals surface area contributed by atoms with Crippen LogP contribution in [0.25, 0.3) is 0 Å². The highest BCUT2D eigenvalue weighted by atomic mass is 16.3. The third kappa shape index (κ3) is 3.72. The number of hydrogen-bond donors (Lipinski definition) is 2. The largest absolute Gasteiger partial charge is 0.395 e. The highest BCUT2D eigenvalue weighted by Crippen LogP contribution is 2.23. The lowest BCUT2D eigenvalue weighted by Gasteiger charge is -2.36. The first kappa shape index (κ1) is 13.9. The molecule has 2 unspecified atom stereocenters. The predicted octanol–water partition coefficient (Wildman–Crippen LogP) is 1.74. The molecule has 0 spiro atoms. The number of nitrogens with zero attached hydrogens (tertiary/aromatic N) is 1. The van der Waals surface area contributed by atoms with E-state index in [0.717, 1.165) is 6.42 Å². The maximum Gasteiger partial charge on any atom is 0.0601 e. The second kappa shape index (κ2) is 7.25. The van der Waals surface area contributed by atoms with Gasteiger partial charge in [-0.2, -0.15) is 0 Å². The molecule has 0 aliphatic heterocycles. The van der Waals surface area contributed by atoms with E-state index in [1.165, 1.54) is 38.5 Å². The van der Waals surface area contributed by atoms with Crippen molar-refractivity contribution in [3.05, 3.63) is 0 Å². The summed E-state index contributed by atoms with van der Waals surface area (Å²) in [6, 6.07) is 0.851. The number of aliphatic hydroxyl groups is 1. The van der Waals surface area contributed by atoms with Crippen molar-refractivity contribution in [3.63, 3.8) is 0 Å². The van der Waals surface area contributed by atoms with Crippen molar-refractivity contribution >= 4 is 0 Å². The van der Waals surface area contributed by atoms with E-state index in [4.69, 9.17) is 5.73 Å². The van der Waals surface area contributed by atoms with E-state index in [2.05, 4.69) is 18.9 Å². The van der Waals surface area contributed by atoms with Gasteiger partial charge in [0.05, 0.1) is 6.61 Å². The van der Waals surface area contributed by atoms with Crippen LogP contribution in [0.5, 0.6) is 0 Å². The molecule has 0 amide bonds. The standard InChI is InChI=1S/C13H28N2O/c1-3-12(14)13(10-16)15(2)11-8-6-4-5-7-9-11/h11-13,16H,3-10,14H2,1-2H3. The smallest absolute Gasteiger partial charge is 0.0601 e. The van der Waals surface area contributed by atoms with E-state index >= 15 is 0 Å². The summed E-state index contributed by atoms with van der Waals surface area (Å²) >= 11 is 0. The molecule has 1 fully saturated rings. The van der Waals surface area contributed by atoms with Crippen molar-refractivity contribution in [2.75, 3.05) is 13.7 Å². The molecular weight excluding hydrogens is 200 g/mol. The zero-order chi connectivity index (χ0) is 12.0. The van der Waals surface area contributed by atoms with Crippen LogP contribution < -0.4 is 5.73 Å². The van der Waals surface area contributed by atoms with Gasteiger partial charge in [0.25, 0.3) is 0 Å². The number of rotatable bonds is 5. The highest BCUT2D eigenvalue weighted by Gasteiger charge is 2.26. The van der Waals surface area contributed by atoms with Gasteiger partial charge in [-0.1, -0.05) is 32.6 Å². The van der Waals surface area contributed by atoms with Gasteiger partial charge in [0.15, 0.2) is 0 Å². The lowest BCUT2D eigenvalue weighted by Crippen LogP contribution is -2.51. The monoisotopic (exact) mass is 228 g/mol. The molecule has 16 heavy (non-hydrogen) atoms. The Morgan fingerprint density at radius 1 is 1.25 bits per heavy atom. The molecule has 3 nitrogen and oxygen atoms in total. The first-order valence-electron chi connectivity index (χ1n) is 6.79. The average molecular weight is 228 g/mol. The van der Waals surface area contributed by atoms with E-state index in [1.807, 2.05) is 0 Å². The summed E-state index contributed by atoms with van der Waals surface area (Å²) in [5.41, 5.74) is 6.07. The van der Waals surface area contributed by atoms with Crippen LogP contribution in [-0.4, -0.2) is 41.8 Å². The van der Waals surface area contributed by atoms with Crippen LogP contribution in [-0.2, 0) is 0 Å². The zero-order valence-electron chi connectivity index (χ0n) is 10.9.